The lowest BCUT2D eigenvalue weighted by Gasteiger charge is -2.36. The summed E-state index contributed by atoms with van der Waals surface area (Å²) in [7, 11) is 3.97. The summed E-state index contributed by atoms with van der Waals surface area (Å²) in [6, 6.07) is 2.02. The number of rotatable bonds is 0. The molecule has 0 N–H and O–H groups in total. The normalized spacial score (nSPS) is 23.2. The third-order valence-corrected chi connectivity index (χ3v) is 4.23. The molecule has 17 heavy (non-hydrogen) atoms. The van der Waals surface area contributed by atoms with Gasteiger partial charge in [-0.1, -0.05) is 0 Å². The first-order chi connectivity index (χ1) is 8.15. The van der Waals surface area contributed by atoms with E-state index in [0.717, 1.165) is 31.6 Å². The van der Waals surface area contributed by atoms with Gasteiger partial charge < -0.3 is 9.80 Å². The molecule has 4 nitrogen and oxygen atoms in total. The minimum Gasteiger partial charge on any atom is -0.313 e. The van der Waals surface area contributed by atoms with Gasteiger partial charge >= 0.3 is 0 Å². The van der Waals surface area contributed by atoms with Gasteiger partial charge in [0.2, 0.25) is 5.91 Å². The smallest absolute Gasteiger partial charge is 0.237 e. The van der Waals surface area contributed by atoms with Crippen molar-refractivity contribution in [1.29, 1.82) is 0 Å². The number of nitrogens with zero attached hydrogens (tertiary/aromatic N) is 3. The van der Waals surface area contributed by atoms with E-state index in [-0.39, 0.29) is 11.3 Å². The first-order valence-corrected chi connectivity index (χ1v) is 6.06. The van der Waals surface area contributed by atoms with Gasteiger partial charge in [0.15, 0.2) is 0 Å². The van der Waals surface area contributed by atoms with Crippen molar-refractivity contribution in [2.45, 2.75) is 18.3 Å². The van der Waals surface area contributed by atoms with Gasteiger partial charge in [-0.15, -0.1) is 0 Å². The molecule has 0 radical (unpaired) electrons. The highest BCUT2D eigenvalue weighted by atomic mass is 16.2. The third-order valence-electron chi connectivity index (χ3n) is 4.23. The fraction of sp³-hybridized carbons (Fsp3) is 0.538. The van der Waals surface area contributed by atoms with Gasteiger partial charge in [-0.3, -0.25) is 9.78 Å². The molecule has 0 aliphatic carbocycles. The topological polar surface area (TPSA) is 36.4 Å². The molecular formula is C13H17N3O. The number of carbonyl (C=O) groups excluding carboxylic acids is 1. The number of likely N-dealkylation sites (tertiary alicyclic amines) is 1. The van der Waals surface area contributed by atoms with E-state index < -0.39 is 0 Å². The van der Waals surface area contributed by atoms with E-state index in [2.05, 4.69) is 16.9 Å². The number of likely N-dealkylation sites (N-methyl/N-ethyl adjacent to an activating group) is 1. The van der Waals surface area contributed by atoms with Gasteiger partial charge in [0.05, 0.1) is 17.3 Å². The van der Waals surface area contributed by atoms with E-state index in [1.54, 1.807) is 17.3 Å². The first-order valence-electron chi connectivity index (χ1n) is 6.06. The molecule has 0 aromatic carbocycles. The van der Waals surface area contributed by atoms with Crippen molar-refractivity contribution in [2.24, 2.45) is 0 Å². The fourth-order valence-corrected chi connectivity index (χ4v) is 3.09. The van der Waals surface area contributed by atoms with E-state index in [9.17, 15) is 4.79 Å². The SMILES string of the molecule is CN1CCC2(CC1)C(=O)N(C)c1cnccc12. The summed E-state index contributed by atoms with van der Waals surface area (Å²) in [4.78, 5) is 20.7. The number of fused-ring (bicyclic) bond motifs is 2. The van der Waals surface area contributed by atoms with Crippen molar-refractivity contribution in [3.8, 4) is 0 Å². The lowest BCUT2D eigenvalue weighted by molar-refractivity contribution is -0.124. The Morgan fingerprint density at radius 2 is 2.00 bits per heavy atom. The molecule has 1 saturated heterocycles. The van der Waals surface area contributed by atoms with Crippen molar-refractivity contribution in [3.05, 3.63) is 24.0 Å². The first kappa shape index (κ1) is 10.7. The van der Waals surface area contributed by atoms with Gasteiger partial charge in [0.1, 0.15) is 0 Å². The molecule has 90 valence electrons. The van der Waals surface area contributed by atoms with E-state index in [4.69, 9.17) is 0 Å². The molecule has 2 aliphatic heterocycles. The van der Waals surface area contributed by atoms with Crippen LogP contribution < -0.4 is 4.90 Å². The van der Waals surface area contributed by atoms with Crippen molar-refractivity contribution < 1.29 is 4.79 Å². The van der Waals surface area contributed by atoms with Crippen LogP contribution in [0.2, 0.25) is 0 Å². The molecule has 0 unspecified atom stereocenters. The number of aromatic nitrogens is 1. The minimum absolute atomic E-state index is 0.244. The minimum atomic E-state index is -0.278. The maximum absolute atomic E-state index is 12.5. The number of piperidine rings is 1. The van der Waals surface area contributed by atoms with E-state index in [0.29, 0.717) is 0 Å². The van der Waals surface area contributed by atoms with Crippen LogP contribution in [0.1, 0.15) is 18.4 Å². The van der Waals surface area contributed by atoms with Crippen LogP contribution in [0.3, 0.4) is 0 Å². The van der Waals surface area contributed by atoms with Crippen LogP contribution in [-0.4, -0.2) is 43.0 Å². The summed E-state index contributed by atoms with van der Waals surface area (Å²) in [6.07, 6.45) is 5.44. The average molecular weight is 231 g/mol. The number of hydrogen-bond donors (Lipinski definition) is 0. The lowest BCUT2D eigenvalue weighted by Crippen LogP contribution is -2.46. The van der Waals surface area contributed by atoms with Gasteiger partial charge in [-0.05, 0) is 44.6 Å². The van der Waals surface area contributed by atoms with Crippen LogP contribution in [0.25, 0.3) is 0 Å². The number of amides is 1. The molecule has 4 heteroatoms. The fourth-order valence-electron chi connectivity index (χ4n) is 3.09. The molecule has 0 saturated carbocycles. The second kappa shape index (κ2) is 3.53. The molecule has 1 aromatic rings. The predicted octanol–water partition coefficient (Wildman–Crippen LogP) is 1.02. The molecule has 3 heterocycles. The molecule has 1 aromatic heterocycles. The Morgan fingerprint density at radius 1 is 1.29 bits per heavy atom. The Hall–Kier alpha value is -1.42. The Bertz CT molecular complexity index is 463. The van der Waals surface area contributed by atoms with Crippen molar-refractivity contribution in [2.75, 3.05) is 32.1 Å². The van der Waals surface area contributed by atoms with Crippen LogP contribution in [0.4, 0.5) is 5.69 Å². The third kappa shape index (κ3) is 1.33. The molecule has 1 amide bonds. The summed E-state index contributed by atoms with van der Waals surface area (Å²) in [5, 5.41) is 0. The zero-order valence-electron chi connectivity index (χ0n) is 10.3. The Morgan fingerprint density at radius 3 is 2.71 bits per heavy atom. The highest BCUT2D eigenvalue weighted by molar-refractivity contribution is 6.07. The van der Waals surface area contributed by atoms with Crippen LogP contribution in [0, 0.1) is 0 Å². The molecule has 3 rings (SSSR count). The van der Waals surface area contributed by atoms with Crippen molar-refractivity contribution >= 4 is 11.6 Å². The van der Waals surface area contributed by atoms with Crippen LogP contribution >= 0.6 is 0 Å². The van der Waals surface area contributed by atoms with Gasteiger partial charge in [0.25, 0.3) is 0 Å². The van der Waals surface area contributed by atoms with Gasteiger partial charge in [-0.2, -0.15) is 0 Å². The summed E-state index contributed by atoms with van der Waals surface area (Å²) >= 11 is 0. The number of pyridine rings is 1. The molecule has 1 fully saturated rings. The van der Waals surface area contributed by atoms with Gasteiger partial charge in [-0.25, -0.2) is 0 Å². The second-order valence-corrected chi connectivity index (χ2v) is 5.14. The highest BCUT2D eigenvalue weighted by Crippen LogP contribution is 2.46. The highest BCUT2D eigenvalue weighted by Gasteiger charge is 2.50. The largest absolute Gasteiger partial charge is 0.313 e. The zero-order valence-corrected chi connectivity index (χ0v) is 10.3. The van der Waals surface area contributed by atoms with Gasteiger partial charge in [0, 0.05) is 13.2 Å². The second-order valence-electron chi connectivity index (χ2n) is 5.14. The Balaban J connectivity index is 2.09. The van der Waals surface area contributed by atoms with Crippen LogP contribution in [-0.2, 0) is 10.2 Å². The van der Waals surface area contributed by atoms with Crippen molar-refractivity contribution in [1.82, 2.24) is 9.88 Å². The molecule has 0 atom stereocenters. The zero-order chi connectivity index (χ0) is 12.0. The van der Waals surface area contributed by atoms with Crippen LogP contribution in [0.15, 0.2) is 18.5 Å². The Kier molecular flexibility index (Phi) is 2.23. The van der Waals surface area contributed by atoms with Crippen molar-refractivity contribution in [3.63, 3.8) is 0 Å². The van der Waals surface area contributed by atoms with E-state index >= 15 is 0 Å². The maximum atomic E-state index is 12.5. The summed E-state index contributed by atoms with van der Waals surface area (Å²) in [5.41, 5.74) is 1.88. The lowest BCUT2D eigenvalue weighted by atomic mass is 9.74. The standard InChI is InChI=1S/C13H17N3O/c1-15-7-4-13(5-8-15)10-3-6-14-9-11(10)16(2)12(13)17/h3,6,9H,4-5,7-8H2,1-2H3. The predicted molar refractivity (Wildman–Crippen MR) is 66.1 cm³/mol. The van der Waals surface area contributed by atoms with Crippen LogP contribution in [0.5, 0.6) is 0 Å². The molecule has 0 bridgehead atoms. The van der Waals surface area contributed by atoms with E-state index in [1.165, 1.54) is 5.56 Å². The number of carbonyl (C=O) groups is 1. The summed E-state index contributed by atoms with van der Waals surface area (Å²) in [6.45, 7) is 1.97. The molecular weight excluding hydrogens is 214 g/mol. The monoisotopic (exact) mass is 231 g/mol. The summed E-state index contributed by atoms with van der Waals surface area (Å²) < 4.78 is 0. The maximum Gasteiger partial charge on any atom is 0.237 e. The Labute approximate surface area is 101 Å². The molecule has 1 spiro atoms. The number of anilines is 1. The number of hydrogen-bond acceptors (Lipinski definition) is 3. The quantitative estimate of drug-likeness (QED) is 0.669. The molecule has 2 aliphatic rings. The summed E-state index contributed by atoms with van der Waals surface area (Å²) in [5.74, 6) is 0.244. The average Bonchev–Trinajstić information content (AvgIpc) is 2.57. The van der Waals surface area contributed by atoms with E-state index in [1.807, 2.05) is 13.1 Å².